The molecule has 1 aromatic heterocycles. The fourth-order valence-corrected chi connectivity index (χ4v) is 2.79. The van der Waals surface area contributed by atoms with Crippen molar-refractivity contribution in [2.75, 3.05) is 0 Å². The van der Waals surface area contributed by atoms with Gasteiger partial charge in [0.2, 0.25) is 0 Å². The molecular weight excluding hydrogens is 262 g/mol. The maximum absolute atomic E-state index is 4.25. The Morgan fingerprint density at radius 3 is 1.81 bits per heavy atom. The van der Waals surface area contributed by atoms with Crippen LogP contribution in [0, 0.1) is 10.8 Å². The number of pyridine rings is 1. The fourth-order valence-electron chi connectivity index (χ4n) is 2.56. The molecule has 1 nitrogen and oxygen atoms in total. The number of hydrogen-bond donors (Lipinski definition) is 0. The van der Waals surface area contributed by atoms with Gasteiger partial charge in [-0.2, -0.15) is 0 Å². The maximum atomic E-state index is 4.25. The molecule has 0 saturated carbocycles. The molecule has 0 aliphatic rings. The zero-order chi connectivity index (χ0) is 12.6. The predicted molar refractivity (Wildman–Crippen MR) is 73.8 cm³/mol. The highest BCUT2D eigenvalue weighted by Gasteiger charge is 2.49. The molecule has 0 unspecified atom stereocenters. The van der Waals surface area contributed by atoms with Gasteiger partial charge in [-0.15, -0.1) is 0 Å². The SMILES string of the molecule is CC(C)(C)C(Br)(c1cccnc1)C(C)(C)C. The molecule has 0 aromatic carbocycles. The highest BCUT2D eigenvalue weighted by molar-refractivity contribution is 9.09. The zero-order valence-corrected chi connectivity index (χ0v) is 12.7. The summed E-state index contributed by atoms with van der Waals surface area (Å²) in [5.74, 6) is 0. The van der Waals surface area contributed by atoms with Crippen molar-refractivity contribution >= 4 is 15.9 Å². The topological polar surface area (TPSA) is 12.9 Å². The number of hydrogen-bond acceptors (Lipinski definition) is 1. The number of halogens is 1. The van der Waals surface area contributed by atoms with Crippen LogP contribution >= 0.6 is 15.9 Å². The minimum Gasteiger partial charge on any atom is -0.264 e. The van der Waals surface area contributed by atoms with E-state index in [4.69, 9.17) is 0 Å². The first kappa shape index (κ1) is 13.7. The third kappa shape index (κ3) is 2.17. The first-order chi connectivity index (χ1) is 7.11. The van der Waals surface area contributed by atoms with Crippen LogP contribution in [-0.4, -0.2) is 4.98 Å². The first-order valence-corrected chi connectivity index (χ1v) is 6.49. The number of rotatable bonds is 1. The lowest BCUT2D eigenvalue weighted by Gasteiger charge is -2.49. The Hall–Kier alpha value is -0.370. The van der Waals surface area contributed by atoms with E-state index in [1.807, 2.05) is 18.5 Å². The van der Waals surface area contributed by atoms with Crippen LogP contribution in [0.1, 0.15) is 47.1 Å². The van der Waals surface area contributed by atoms with Gasteiger partial charge in [0, 0.05) is 12.4 Å². The molecular formula is C14H22BrN. The van der Waals surface area contributed by atoms with Gasteiger partial charge in [-0.25, -0.2) is 0 Å². The van der Waals surface area contributed by atoms with Gasteiger partial charge >= 0.3 is 0 Å². The van der Waals surface area contributed by atoms with Crippen LogP contribution in [0.4, 0.5) is 0 Å². The molecule has 1 aromatic rings. The summed E-state index contributed by atoms with van der Waals surface area (Å²) >= 11 is 3.99. The Balaban J connectivity index is 3.39. The summed E-state index contributed by atoms with van der Waals surface area (Å²) in [4.78, 5) is 4.25. The smallest absolute Gasteiger partial charge is 0.0617 e. The van der Waals surface area contributed by atoms with Crippen molar-refractivity contribution in [2.24, 2.45) is 10.8 Å². The van der Waals surface area contributed by atoms with Gasteiger partial charge in [0.05, 0.1) is 4.32 Å². The van der Waals surface area contributed by atoms with Gasteiger partial charge in [0.1, 0.15) is 0 Å². The molecule has 0 radical (unpaired) electrons. The van der Waals surface area contributed by atoms with Crippen molar-refractivity contribution in [2.45, 2.75) is 45.9 Å². The molecule has 0 saturated heterocycles. The van der Waals surface area contributed by atoms with Crippen LogP contribution in [0.15, 0.2) is 24.5 Å². The van der Waals surface area contributed by atoms with E-state index in [9.17, 15) is 0 Å². The Bertz CT molecular complexity index is 329. The lowest BCUT2D eigenvalue weighted by atomic mass is 9.63. The van der Waals surface area contributed by atoms with E-state index >= 15 is 0 Å². The Morgan fingerprint density at radius 1 is 1.00 bits per heavy atom. The number of alkyl halides is 1. The summed E-state index contributed by atoms with van der Waals surface area (Å²) in [7, 11) is 0. The van der Waals surface area contributed by atoms with Gasteiger partial charge < -0.3 is 0 Å². The molecule has 0 fully saturated rings. The van der Waals surface area contributed by atoms with E-state index in [2.05, 4.69) is 68.5 Å². The van der Waals surface area contributed by atoms with E-state index in [1.165, 1.54) is 5.56 Å². The summed E-state index contributed by atoms with van der Waals surface area (Å²) in [6.45, 7) is 13.6. The third-order valence-corrected chi connectivity index (χ3v) is 5.96. The quantitative estimate of drug-likeness (QED) is 0.677. The van der Waals surface area contributed by atoms with E-state index in [-0.39, 0.29) is 15.2 Å². The molecule has 0 bridgehead atoms. The van der Waals surface area contributed by atoms with Crippen LogP contribution in [0.25, 0.3) is 0 Å². The van der Waals surface area contributed by atoms with Gasteiger partial charge in [-0.1, -0.05) is 63.5 Å². The van der Waals surface area contributed by atoms with E-state index in [1.54, 1.807) is 0 Å². The summed E-state index contributed by atoms with van der Waals surface area (Å²) in [5, 5.41) is 0. The van der Waals surface area contributed by atoms with Gasteiger partial charge in [0.25, 0.3) is 0 Å². The number of aromatic nitrogens is 1. The standard InChI is InChI=1S/C14H22BrN/c1-12(2,3)14(15,13(4,5)6)11-8-7-9-16-10-11/h7-10H,1-6H3. The lowest BCUT2D eigenvalue weighted by Crippen LogP contribution is -2.45. The molecule has 90 valence electrons. The summed E-state index contributed by atoms with van der Waals surface area (Å²) in [6.07, 6.45) is 3.79. The average Bonchev–Trinajstić information content (AvgIpc) is 2.14. The van der Waals surface area contributed by atoms with Gasteiger partial charge in [-0.3, -0.25) is 4.98 Å². The highest BCUT2D eigenvalue weighted by atomic mass is 79.9. The fraction of sp³-hybridized carbons (Fsp3) is 0.643. The average molecular weight is 284 g/mol. The van der Waals surface area contributed by atoms with E-state index in [0.717, 1.165) is 0 Å². The van der Waals surface area contributed by atoms with Crippen molar-refractivity contribution in [3.8, 4) is 0 Å². The second-order valence-corrected chi connectivity index (χ2v) is 7.59. The minimum atomic E-state index is -0.0821. The second kappa shape index (κ2) is 4.14. The molecule has 1 heterocycles. The summed E-state index contributed by atoms with van der Waals surface area (Å²) in [6, 6.07) is 4.15. The molecule has 2 heteroatoms. The van der Waals surface area contributed by atoms with Crippen LogP contribution < -0.4 is 0 Å². The largest absolute Gasteiger partial charge is 0.264 e. The van der Waals surface area contributed by atoms with E-state index in [0.29, 0.717) is 0 Å². The van der Waals surface area contributed by atoms with Crippen LogP contribution in [0.5, 0.6) is 0 Å². The monoisotopic (exact) mass is 283 g/mol. The van der Waals surface area contributed by atoms with Crippen molar-refractivity contribution in [3.05, 3.63) is 30.1 Å². The van der Waals surface area contributed by atoms with Crippen molar-refractivity contribution in [1.29, 1.82) is 0 Å². The Morgan fingerprint density at radius 2 is 1.50 bits per heavy atom. The lowest BCUT2D eigenvalue weighted by molar-refractivity contribution is 0.148. The molecule has 0 spiro atoms. The van der Waals surface area contributed by atoms with Crippen molar-refractivity contribution < 1.29 is 0 Å². The van der Waals surface area contributed by atoms with Crippen molar-refractivity contribution in [3.63, 3.8) is 0 Å². The molecule has 0 aliphatic carbocycles. The molecule has 0 aliphatic heterocycles. The van der Waals surface area contributed by atoms with Gasteiger partial charge in [0.15, 0.2) is 0 Å². The second-order valence-electron chi connectivity index (χ2n) is 6.40. The van der Waals surface area contributed by atoms with E-state index < -0.39 is 0 Å². The maximum Gasteiger partial charge on any atom is 0.0617 e. The number of nitrogens with zero attached hydrogens (tertiary/aromatic N) is 1. The summed E-state index contributed by atoms with van der Waals surface area (Å²) in [5.41, 5.74) is 1.48. The van der Waals surface area contributed by atoms with Gasteiger partial charge in [-0.05, 0) is 22.5 Å². The Kier molecular flexibility index (Phi) is 3.54. The van der Waals surface area contributed by atoms with Crippen LogP contribution in [0.3, 0.4) is 0 Å². The zero-order valence-electron chi connectivity index (χ0n) is 11.1. The Labute approximate surface area is 108 Å². The summed E-state index contributed by atoms with van der Waals surface area (Å²) < 4.78 is -0.0821. The minimum absolute atomic E-state index is 0.0821. The van der Waals surface area contributed by atoms with Crippen molar-refractivity contribution in [1.82, 2.24) is 4.98 Å². The normalized spacial score (nSPS) is 13.9. The molecule has 0 atom stereocenters. The predicted octanol–water partition coefficient (Wildman–Crippen LogP) is 4.76. The molecule has 1 rings (SSSR count). The molecule has 16 heavy (non-hydrogen) atoms. The molecule has 0 amide bonds. The first-order valence-electron chi connectivity index (χ1n) is 5.70. The van der Waals surface area contributed by atoms with Crippen LogP contribution in [0.2, 0.25) is 0 Å². The van der Waals surface area contributed by atoms with Crippen LogP contribution in [-0.2, 0) is 4.32 Å². The highest BCUT2D eigenvalue weighted by Crippen LogP contribution is 2.57. The molecule has 0 N–H and O–H groups in total. The third-order valence-electron chi connectivity index (χ3n) is 3.13.